The van der Waals surface area contributed by atoms with Gasteiger partial charge >= 0.3 is 0 Å². The number of carbonyl (C=O) groups is 1. The van der Waals surface area contributed by atoms with Gasteiger partial charge in [0.15, 0.2) is 5.13 Å². The van der Waals surface area contributed by atoms with Crippen LogP contribution in [0.25, 0.3) is 10.9 Å². The third-order valence-electron chi connectivity index (χ3n) is 4.63. The van der Waals surface area contributed by atoms with Crippen LogP contribution in [0.5, 0.6) is 0 Å². The number of hydrogen-bond donors (Lipinski definition) is 1. The fourth-order valence-corrected chi connectivity index (χ4v) is 5.51. The summed E-state index contributed by atoms with van der Waals surface area (Å²) >= 11 is 1.34. The summed E-state index contributed by atoms with van der Waals surface area (Å²) in [5.74, 6) is -0.596. The van der Waals surface area contributed by atoms with E-state index < -0.39 is 15.9 Å². The summed E-state index contributed by atoms with van der Waals surface area (Å²) in [5.41, 5.74) is 0.453. The maximum Gasteiger partial charge on any atom is 0.245 e. The van der Waals surface area contributed by atoms with E-state index in [2.05, 4.69) is 15.3 Å². The monoisotopic (exact) mass is 402 g/mol. The second-order valence-corrected chi connectivity index (χ2v) is 9.16. The van der Waals surface area contributed by atoms with Gasteiger partial charge in [0.25, 0.3) is 0 Å². The maximum atomic E-state index is 13.2. The largest absolute Gasteiger partial charge is 0.302 e. The zero-order chi connectivity index (χ0) is 18.9. The first-order chi connectivity index (χ1) is 13.1. The van der Waals surface area contributed by atoms with E-state index >= 15 is 0 Å². The Morgan fingerprint density at radius 2 is 2.04 bits per heavy atom. The summed E-state index contributed by atoms with van der Waals surface area (Å²) in [5, 5.41) is 5.84. The van der Waals surface area contributed by atoms with Crippen LogP contribution in [-0.2, 0) is 14.8 Å². The minimum Gasteiger partial charge on any atom is -0.302 e. The molecule has 1 fully saturated rings. The van der Waals surface area contributed by atoms with E-state index in [1.54, 1.807) is 36.0 Å². The van der Waals surface area contributed by atoms with Crippen molar-refractivity contribution in [2.75, 3.05) is 18.4 Å². The van der Waals surface area contributed by atoms with E-state index in [4.69, 9.17) is 0 Å². The number of amides is 1. The fourth-order valence-electron chi connectivity index (χ4n) is 3.29. The Labute approximate surface area is 161 Å². The number of rotatable bonds is 4. The fraction of sp³-hybridized carbons (Fsp3) is 0.278. The summed E-state index contributed by atoms with van der Waals surface area (Å²) in [7, 11) is -3.74. The molecule has 0 aliphatic carbocycles. The van der Waals surface area contributed by atoms with E-state index in [-0.39, 0.29) is 17.3 Å². The van der Waals surface area contributed by atoms with Crippen LogP contribution in [0.15, 0.2) is 53.0 Å². The van der Waals surface area contributed by atoms with Crippen molar-refractivity contribution in [1.29, 1.82) is 0 Å². The molecule has 1 amide bonds. The lowest BCUT2D eigenvalue weighted by Gasteiger charge is -2.31. The average molecular weight is 403 g/mol. The first kappa shape index (κ1) is 18.0. The molecule has 1 aliphatic rings. The molecule has 1 N–H and O–H groups in total. The molecule has 7 nitrogen and oxygen atoms in total. The molecule has 0 unspecified atom stereocenters. The quantitative estimate of drug-likeness (QED) is 0.724. The molecule has 0 bridgehead atoms. The van der Waals surface area contributed by atoms with Gasteiger partial charge in [-0.25, -0.2) is 13.4 Å². The van der Waals surface area contributed by atoms with Gasteiger partial charge in [0.05, 0.1) is 11.4 Å². The third-order valence-corrected chi connectivity index (χ3v) is 7.22. The van der Waals surface area contributed by atoms with Crippen LogP contribution >= 0.6 is 11.3 Å². The van der Waals surface area contributed by atoms with Gasteiger partial charge in [0.1, 0.15) is 4.90 Å². The lowest BCUT2D eigenvalue weighted by molar-refractivity contribution is -0.120. The zero-order valence-electron chi connectivity index (χ0n) is 14.4. The molecule has 0 spiro atoms. The van der Waals surface area contributed by atoms with E-state index in [1.807, 2.05) is 12.1 Å². The Morgan fingerprint density at radius 1 is 1.19 bits per heavy atom. The highest BCUT2D eigenvalue weighted by molar-refractivity contribution is 7.89. The number of fused-ring (bicyclic) bond motifs is 1. The molecule has 1 atom stereocenters. The Bertz CT molecular complexity index is 1060. The molecule has 27 heavy (non-hydrogen) atoms. The Hall–Kier alpha value is -2.36. The van der Waals surface area contributed by atoms with Gasteiger partial charge in [-0.3, -0.25) is 9.78 Å². The maximum absolute atomic E-state index is 13.2. The molecular weight excluding hydrogens is 384 g/mol. The van der Waals surface area contributed by atoms with Gasteiger partial charge in [-0.15, -0.1) is 11.3 Å². The highest BCUT2D eigenvalue weighted by Gasteiger charge is 2.34. The lowest BCUT2D eigenvalue weighted by Crippen LogP contribution is -2.43. The number of anilines is 1. The van der Waals surface area contributed by atoms with Gasteiger partial charge in [-0.2, -0.15) is 4.31 Å². The van der Waals surface area contributed by atoms with Crippen LogP contribution in [0.2, 0.25) is 0 Å². The Kier molecular flexibility index (Phi) is 4.90. The van der Waals surface area contributed by atoms with Crippen LogP contribution in [0.4, 0.5) is 5.13 Å². The number of benzene rings is 1. The number of pyridine rings is 1. The minimum absolute atomic E-state index is 0.156. The topological polar surface area (TPSA) is 92.3 Å². The molecule has 3 heterocycles. The van der Waals surface area contributed by atoms with Crippen LogP contribution < -0.4 is 5.32 Å². The van der Waals surface area contributed by atoms with E-state index in [1.165, 1.54) is 15.6 Å². The molecule has 3 aromatic rings. The first-order valence-corrected chi connectivity index (χ1v) is 10.9. The third kappa shape index (κ3) is 3.58. The van der Waals surface area contributed by atoms with Crippen molar-refractivity contribution in [2.45, 2.75) is 17.7 Å². The van der Waals surface area contributed by atoms with Crippen molar-refractivity contribution in [3.05, 3.63) is 48.1 Å². The number of aromatic nitrogens is 2. The molecule has 2 aromatic heterocycles. The van der Waals surface area contributed by atoms with Gasteiger partial charge in [0.2, 0.25) is 15.9 Å². The molecule has 1 saturated heterocycles. The molecule has 4 rings (SSSR count). The molecule has 1 aromatic carbocycles. The van der Waals surface area contributed by atoms with Crippen molar-refractivity contribution >= 4 is 43.3 Å². The molecular formula is C18H18N4O3S2. The molecule has 0 saturated carbocycles. The number of hydrogen-bond acceptors (Lipinski definition) is 6. The predicted octanol–water partition coefficient (Wildman–Crippen LogP) is 2.73. The van der Waals surface area contributed by atoms with Crippen LogP contribution in [0, 0.1) is 5.92 Å². The predicted molar refractivity (Wildman–Crippen MR) is 104 cm³/mol. The summed E-state index contributed by atoms with van der Waals surface area (Å²) in [6.45, 7) is 0.551. The van der Waals surface area contributed by atoms with Crippen molar-refractivity contribution in [3.63, 3.8) is 0 Å². The van der Waals surface area contributed by atoms with Gasteiger partial charge < -0.3 is 5.32 Å². The Morgan fingerprint density at radius 3 is 2.85 bits per heavy atom. The summed E-state index contributed by atoms with van der Waals surface area (Å²) in [4.78, 5) is 21.0. The number of nitrogens with zero attached hydrogens (tertiary/aromatic N) is 3. The SMILES string of the molecule is O=C(Nc1nccs1)[C@H]1CCCN(S(=O)(=O)c2cccc3cccnc23)C1. The van der Waals surface area contributed by atoms with Crippen molar-refractivity contribution in [2.24, 2.45) is 5.92 Å². The number of piperidine rings is 1. The lowest BCUT2D eigenvalue weighted by atomic mass is 9.99. The Balaban J connectivity index is 1.59. The smallest absolute Gasteiger partial charge is 0.245 e. The second kappa shape index (κ2) is 7.34. The van der Waals surface area contributed by atoms with Crippen LogP contribution in [0.1, 0.15) is 12.8 Å². The van der Waals surface area contributed by atoms with Crippen molar-refractivity contribution < 1.29 is 13.2 Å². The average Bonchev–Trinajstić information content (AvgIpc) is 3.20. The zero-order valence-corrected chi connectivity index (χ0v) is 16.0. The molecule has 9 heteroatoms. The van der Waals surface area contributed by atoms with Crippen LogP contribution in [-0.4, -0.2) is 41.7 Å². The van der Waals surface area contributed by atoms with E-state index in [0.717, 1.165) is 5.39 Å². The number of nitrogens with one attached hydrogen (secondary N) is 1. The second-order valence-electron chi connectivity index (χ2n) is 6.36. The van der Waals surface area contributed by atoms with Gasteiger partial charge in [-0.05, 0) is 25.0 Å². The summed E-state index contributed by atoms with van der Waals surface area (Å²) in [6, 6.07) is 8.74. The number of thiazole rings is 1. The van der Waals surface area contributed by atoms with Crippen LogP contribution in [0.3, 0.4) is 0 Å². The molecule has 0 radical (unpaired) electrons. The van der Waals surface area contributed by atoms with E-state index in [0.29, 0.717) is 30.0 Å². The first-order valence-electron chi connectivity index (χ1n) is 8.60. The number of sulfonamides is 1. The normalized spacial score (nSPS) is 18.4. The standard InChI is InChI=1S/C18H18N4O3S2/c23-17(21-18-20-9-11-26-18)14-6-3-10-22(12-14)27(24,25)15-7-1-4-13-5-2-8-19-16(13)15/h1-2,4-5,7-9,11,14H,3,6,10,12H2,(H,20,21,23)/t14-/m0/s1. The highest BCUT2D eigenvalue weighted by Crippen LogP contribution is 2.28. The van der Waals surface area contributed by atoms with Gasteiger partial charge in [-0.1, -0.05) is 18.2 Å². The number of carbonyl (C=O) groups excluding carboxylic acids is 1. The van der Waals surface area contributed by atoms with E-state index in [9.17, 15) is 13.2 Å². The highest BCUT2D eigenvalue weighted by atomic mass is 32.2. The summed E-state index contributed by atoms with van der Waals surface area (Å²) in [6.07, 6.45) is 4.48. The minimum atomic E-state index is -3.74. The number of para-hydroxylation sites is 1. The van der Waals surface area contributed by atoms with Crippen molar-refractivity contribution in [1.82, 2.24) is 14.3 Å². The van der Waals surface area contributed by atoms with Gasteiger partial charge in [0, 0.05) is 36.2 Å². The van der Waals surface area contributed by atoms with Crippen molar-refractivity contribution in [3.8, 4) is 0 Å². The molecule has 140 valence electrons. The molecule has 1 aliphatic heterocycles. The summed E-state index contributed by atoms with van der Waals surface area (Å²) < 4.78 is 27.9.